The van der Waals surface area contributed by atoms with E-state index in [1.165, 1.54) is 0 Å². The molecule has 156 valence electrons. The molecule has 0 spiro atoms. The summed E-state index contributed by atoms with van der Waals surface area (Å²) in [5.41, 5.74) is 1.92. The summed E-state index contributed by atoms with van der Waals surface area (Å²) in [5.74, 6) is 0.389. The van der Waals surface area contributed by atoms with E-state index >= 15 is 0 Å². The van der Waals surface area contributed by atoms with Gasteiger partial charge in [-0.3, -0.25) is 9.59 Å². The summed E-state index contributed by atoms with van der Waals surface area (Å²) in [5, 5.41) is 7.99. The van der Waals surface area contributed by atoms with Crippen molar-refractivity contribution in [2.75, 3.05) is 7.11 Å². The van der Waals surface area contributed by atoms with Crippen molar-refractivity contribution in [3.05, 3.63) is 77.9 Å². The monoisotopic (exact) mass is 404 g/mol. The first-order chi connectivity index (χ1) is 14.5. The van der Waals surface area contributed by atoms with Crippen LogP contribution in [-0.4, -0.2) is 25.0 Å². The van der Waals surface area contributed by atoms with Gasteiger partial charge in [0.1, 0.15) is 11.8 Å². The first kappa shape index (κ1) is 21.4. The Labute approximate surface area is 177 Å². The van der Waals surface area contributed by atoms with Crippen molar-refractivity contribution in [2.24, 2.45) is 5.92 Å². The quantitative estimate of drug-likeness (QED) is 0.599. The third-order valence-electron chi connectivity index (χ3n) is 5.12. The zero-order valence-corrected chi connectivity index (χ0v) is 17.6. The van der Waals surface area contributed by atoms with E-state index in [0.717, 1.165) is 27.6 Å². The van der Waals surface area contributed by atoms with Crippen molar-refractivity contribution in [1.82, 2.24) is 10.6 Å². The van der Waals surface area contributed by atoms with Gasteiger partial charge in [0.25, 0.3) is 0 Å². The second-order valence-corrected chi connectivity index (χ2v) is 7.67. The summed E-state index contributed by atoms with van der Waals surface area (Å²) >= 11 is 0. The van der Waals surface area contributed by atoms with E-state index in [0.29, 0.717) is 6.54 Å². The molecule has 2 amide bonds. The van der Waals surface area contributed by atoms with Crippen LogP contribution in [0.2, 0.25) is 0 Å². The fourth-order valence-corrected chi connectivity index (χ4v) is 3.42. The molecule has 5 nitrogen and oxygen atoms in total. The zero-order chi connectivity index (χ0) is 21.5. The summed E-state index contributed by atoms with van der Waals surface area (Å²) < 4.78 is 5.15. The van der Waals surface area contributed by atoms with Crippen molar-refractivity contribution < 1.29 is 14.3 Å². The van der Waals surface area contributed by atoms with Crippen molar-refractivity contribution >= 4 is 22.6 Å². The number of hydrogen-bond donors (Lipinski definition) is 2. The normalized spacial score (nSPS) is 11.9. The van der Waals surface area contributed by atoms with E-state index in [1.54, 1.807) is 7.11 Å². The topological polar surface area (TPSA) is 67.4 Å². The van der Waals surface area contributed by atoms with Gasteiger partial charge >= 0.3 is 0 Å². The number of nitrogens with one attached hydrogen (secondary N) is 2. The molecule has 3 aromatic rings. The number of ether oxygens (including phenoxy) is 1. The molecule has 1 atom stereocenters. The van der Waals surface area contributed by atoms with Gasteiger partial charge in [-0.1, -0.05) is 68.4 Å². The number of methoxy groups -OCH3 is 1. The molecule has 0 aromatic heterocycles. The Morgan fingerprint density at radius 1 is 0.933 bits per heavy atom. The largest absolute Gasteiger partial charge is 0.497 e. The molecule has 3 rings (SSSR count). The molecule has 5 heteroatoms. The van der Waals surface area contributed by atoms with Gasteiger partial charge in [-0.25, -0.2) is 0 Å². The smallest absolute Gasteiger partial charge is 0.243 e. The third-order valence-corrected chi connectivity index (χ3v) is 5.12. The second-order valence-electron chi connectivity index (χ2n) is 7.67. The average Bonchev–Trinajstić information content (AvgIpc) is 2.76. The number of benzene rings is 3. The lowest BCUT2D eigenvalue weighted by Crippen LogP contribution is -2.49. The van der Waals surface area contributed by atoms with E-state index < -0.39 is 6.04 Å². The van der Waals surface area contributed by atoms with Crippen molar-refractivity contribution in [3.8, 4) is 5.75 Å². The lowest BCUT2D eigenvalue weighted by atomic mass is 10.00. The van der Waals surface area contributed by atoms with E-state index in [2.05, 4.69) is 10.6 Å². The Hall–Kier alpha value is -3.34. The standard InChI is InChI=1S/C25H28N2O3/c1-17(2)24(25(29)26-16-18-11-13-21(30-3)14-12-18)27-23(28)15-20-9-6-8-19-7-4-5-10-22(19)20/h4-14,17,24H,15-16H2,1-3H3,(H,26,29)(H,27,28)/t24-/m1/s1. The Kier molecular flexibility index (Phi) is 7.07. The highest BCUT2D eigenvalue weighted by Crippen LogP contribution is 2.19. The van der Waals surface area contributed by atoms with E-state index in [1.807, 2.05) is 80.6 Å². The molecule has 0 unspecified atom stereocenters. The number of fused-ring (bicyclic) bond motifs is 1. The molecule has 0 saturated heterocycles. The molecule has 0 radical (unpaired) electrons. The van der Waals surface area contributed by atoms with Gasteiger partial charge in [-0.05, 0) is 39.9 Å². The first-order valence-corrected chi connectivity index (χ1v) is 10.1. The summed E-state index contributed by atoms with van der Waals surface area (Å²) in [4.78, 5) is 25.4. The molecular weight excluding hydrogens is 376 g/mol. The van der Waals surface area contributed by atoms with Crippen LogP contribution in [0.1, 0.15) is 25.0 Å². The Balaban J connectivity index is 1.62. The van der Waals surface area contributed by atoms with Gasteiger partial charge in [0, 0.05) is 6.54 Å². The van der Waals surface area contributed by atoms with Crippen LogP contribution in [0.5, 0.6) is 5.75 Å². The highest BCUT2D eigenvalue weighted by molar-refractivity contribution is 5.92. The van der Waals surface area contributed by atoms with Crippen LogP contribution < -0.4 is 15.4 Å². The SMILES string of the molecule is COc1ccc(CNC(=O)[C@H](NC(=O)Cc2cccc3ccccc23)C(C)C)cc1. The number of carbonyl (C=O) groups is 2. The molecule has 30 heavy (non-hydrogen) atoms. The predicted octanol–water partition coefficient (Wildman–Crippen LogP) is 3.85. The van der Waals surface area contributed by atoms with Crippen molar-refractivity contribution in [1.29, 1.82) is 0 Å². The minimum absolute atomic E-state index is 0.0302. The average molecular weight is 405 g/mol. The van der Waals surface area contributed by atoms with Crippen LogP contribution in [0.25, 0.3) is 10.8 Å². The lowest BCUT2D eigenvalue weighted by Gasteiger charge is -2.22. The van der Waals surface area contributed by atoms with Crippen LogP contribution in [0, 0.1) is 5.92 Å². The molecule has 0 heterocycles. The van der Waals surface area contributed by atoms with Gasteiger partial charge in [-0.15, -0.1) is 0 Å². The summed E-state index contributed by atoms with van der Waals surface area (Å²) in [6.07, 6.45) is 0.232. The van der Waals surface area contributed by atoms with E-state index in [-0.39, 0.29) is 24.2 Å². The van der Waals surface area contributed by atoms with Gasteiger partial charge in [0.05, 0.1) is 13.5 Å². The minimum Gasteiger partial charge on any atom is -0.497 e. The van der Waals surface area contributed by atoms with Crippen LogP contribution in [-0.2, 0) is 22.6 Å². The van der Waals surface area contributed by atoms with E-state index in [9.17, 15) is 9.59 Å². The zero-order valence-electron chi connectivity index (χ0n) is 17.6. The fraction of sp³-hybridized carbons (Fsp3) is 0.280. The van der Waals surface area contributed by atoms with Gasteiger partial charge in [-0.2, -0.15) is 0 Å². The Morgan fingerprint density at radius 3 is 2.33 bits per heavy atom. The highest BCUT2D eigenvalue weighted by Gasteiger charge is 2.24. The maximum absolute atomic E-state index is 12.7. The summed E-state index contributed by atoms with van der Waals surface area (Å²) in [6, 6.07) is 20.8. The maximum atomic E-state index is 12.7. The summed E-state index contributed by atoms with van der Waals surface area (Å²) in [7, 11) is 1.62. The third kappa shape index (κ3) is 5.38. The molecule has 0 aliphatic rings. The van der Waals surface area contributed by atoms with Gasteiger partial charge in [0.15, 0.2) is 0 Å². The van der Waals surface area contributed by atoms with Crippen molar-refractivity contribution in [3.63, 3.8) is 0 Å². The number of carbonyl (C=O) groups excluding carboxylic acids is 2. The highest BCUT2D eigenvalue weighted by atomic mass is 16.5. The molecule has 0 fully saturated rings. The maximum Gasteiger partial charge on any atom is 0.243 e. The van der Waals surface area contributed by atoms with Crippen LogP contribution in [0.15, 0.2) is 66.7 Å². The predicted molar refractivity (Wildman–Crippen MR) is 119 cm³/mol. The second kappa shape index (κ2) is 9.92. The lowest BCUT2D eigenvalue weighted by molar-refractivity contribution is -0.129. The van der Waals surface area contributed by atoms with Crippen LogP contribution in [0.4, 0.5) is 0 Å². The van der Waals surface area contributed by atoms with Crippen molar-refractivity contribution in [2.45, 2.75) is 32.9 Å². The molecule has 0 saturated carbocycles. The number of amides is 2. The fourth-order valence-electron chi connectivity index (χ4n) is 3.42. The van der Waals surface area contributed by atoms with Crippen LogP contribution in [0.3, 0.4) is 0 Å². The van der Waals surface area contributed by atoms with Gasteiger partial charge in [0.2, 0.25) is 11.8 Å². The molecule has 2 N–H and O–H groups in total. The molecule has 0 bridgehead atoms. The number of hydrogen-bond acceptors (Lipinski definition) is 3. The molecule has 0 aliphatic carbocycles. The Morgan fingerprint density at radius 2 is 1.63 bits per heavy atom. The van der Waals surface area contributed by atoms with E-state index in [4.69, 9.17) is 4.74 Å². The Bertz CT molecular complexity index is 1010. The van der Waals surface area contributed by atoms with Crippen LogP contribution >= 0.6 is 0 Å². The first-order valence-electron chi connectivity index (χ1n) is 10.1. The summed E-state index contributed by atoms with van der Waals surface area (Å²) in [6.45, 7) is 4.25. The van der Waals surface area contributed by atoms with Gasteiger partial charge < -0.3 is 15.4 Å². The minimum atomic E-state index is -0.592. The number of rotatable bonds is 8. The molecular formula is C25H28N2O3. The molecule has 3 aromatic carbocycles. The molecule has 0 aliphatic heterocycles.